The molecular weight excluding hydrogens is 358 g/mol. The van der Waals surface area contributed by atoms with Gasteiger partial charge >= 0.3 is 5.69 Å². The van der Waals surface area contributed by atoms with E-state index < -0.39 is 4.92 Å². The molecule has 2 aromatic rings. The number of hydrogen-bond acceptors (Lipinski definition) is 5. The molecule has 2 aromatic carbocycles. The van der Waals surface area contributed by atoms with E-state index >= 15 is 0 Å². The average molecular weight is 383 g/mol. The SMILES string of the molecule is COc1ccc(/C(C)=N\NC(=O)Cc2ccc(C(C)(C)C)cc2)cc1[N+](=O)[O-]. The van der Waals surface area contributed by atoms with Crippen molar-refractivity contribution in [2.45, 2.75) is 39.5 Å². The smallest absolute Gasteiger partial charge is 0.311 e. The van der Waals surface area contributed by atoms with Crippen molar-refractivity contribution in [2.75, 3.05) is 7.11 Å². The molecule has 0 bridgehead atoms. The third-order valence-corrected chi connectivity index (χ3v) is 4.33. The number of nitro benzene ring substituents is 1. The van der Waals surface area contributed by atoms with Gasteiger partial charge < -0.3 is 4.74 Å². The highest BCUT2D eigenvalue weighted by molar-refractivity contribution is 6.00. The maximum absolute atomic E-state index is 12.2. The molecule has 0 heterocycles. The minimum atomic E-state index is -0.518. The summed E-state index contributed by atoms with van der Waals surface area (Å²) in [6.07, 6.45) is 0.198. The number of nitrogens with zero attached hydrogens (tertiary/aromatic N) is 2. The highest BCUT2D eigenvalue weighted by atomic mass is 16.6. The number of methoxy groups -OCH3 is 1. The van der Waals surface area contributed by atoms with Crippen molar-refractivity contribution in [3.05, 3.63) is 69.3 Å². The van der Waals surface area contributed by atoms with E-state index in [-0.39, 0.29) is 29.2 Å². The molecule has 7 heteroatoms. The molecule has 2 rings (SSSR count). The molecule has 0 saturated carbocycles. The lowest BCUT2D eigenvalue weighted by Gasteiger charge is -2.19. The Labute approximate surface area is 164 Å². The summed E-state index contributed by atoms with van der Waals surface area (Å²) in [6.45, 7) is 8.07. The summed E-state index contributed by atoms with van der Waals surface area (Å²) in [5.41, 5.74) is 5.48. The lowest BCUT2D eigenvalue weighted by molar-refractivity contribution is -0.385. The monoisotopic (exact) mass is 383 g/mol. The van der Waals surface area contributed by atoms with Crippen LogP contribution >= 0.6 is 0 Å². The van der Waals surface area contributed by atoms with Gasteiger partial charge in [-0.25, -0.2) is 5.43 Å². The van der Waals surface area contributed by atoms with Crippen LogP contribution in [0.4, 0.5) is 5.69 Å². The summed E-state index contributed by atoms with van der Waals surface area (Å²) < 4.78 is 4.98. The predicted molar refractivity (Wildman–Crippen MR) is 109 cm³/mol. The highest BCUT2D eigenvalue weighted by Crippen LogP contribution is 2.27. The minimum absolute atomic E-state index is 0.0587. The summed E-state index contributed by atoms with van der Waals surface area (Å²) >= 11 is 0. The molecule has 0 saturated heterocycles. The minimum Gasteiger partial charge on any atom is -0.490 e. The molecular formula is C21H25N3O4. The van der Waals surface area contributed by atoms with Gasteiger partial charge in [0.1, 0.15) is 0 Å². The average Bonchev–Trinajstić information content (AvgIpc) is 2.65. The highest BCUT2D eigenvalue weighted by Gasteiger charge is 2.16. The molecule has 0 atom stereocenters. The molecule has 0 unspecified atom stereocenters. The molecule has 0 aliphatic heterocycles. The van der Waals surface area contributed by atoms with Crippen LogP contribution in [0.3, 0.4) is 0 Å². The Morgan fingerprint density at radius 3 is 2.36 bits per heavy atom. The van der Waals surface area contributed by atoms with E-state index in [4.69, 9.17) is 4.74 Å². The summed E-state index contributed by atoms with van der Waals surface area (Å²) in [6, 6.07) is 12.4. The Kier molecular flexibility index (Phi) is 6.51. The summed E-state index contributed by atoms with van der Waals surface area (Å²) in [5.74, 6) is -0.0878. The fourth-order valence-electron chi connectivity index (χ4n) is 2.62. The van der Waals surface area contributed by atoms with Crippen LogP contribution in [-0.4, -0.2) is 23.7 Å². The Hall–Kier alpha value is -3.22. The summed E-state index contributed by atoms with van der Waals surface area (Å²) in [4.78, 5) is 22.8. The molecule has 148 valence electrons. The molecule has 28 heavy (non-hydrogen) atoms. The van der Waals surface area contributed by atoms with E-state index in [9.17, 15) is 14.9 Å². The summed E-state index contributed by atoms with van der Waals surface area (Å²) in [5, 5.41) is 15.2. The van der Waals surface area contributed by atoms with E-state index in [0.717, 1.165) is 5.56 Å². The van der Waals surface area contributed by atoms with Gasteiger partial charge in [0.2, 0.25) is 5.91 Å². The van der Waals surface area contributed by atoms with E-state index in [1.54, 1.807) is 13.0 Å². The second-order valence-corrected chi connectivity index (χ2v) is 7.50. The number of benzene rings is 2. The molecule has 0 fully saturated rings. The van der Waals surface area contributed by atoms with Gasteiger partial charge in [-0.1, -0.05) is 45.0 Å². The topological polar surface area (TPSA) is 93.8 Å². The number of nitrogens with one attached hydrogen (secondary N) is 1. The first kappa shape index (κ1) is 21.1. The molecule has 0 aliphatic rings. The zero-order valence-corrected chi connectivity index (χ0v) is 16.8. The number of hydrazone groups is 1. The number of carbonyl (C=O) groups is 1. The Balaban J connectivity index is 2.05. The van der Waals surface area contributed by atoms with Crippen LogP contribution in [0.2, 0.25) is 0 Å². The van der Waals surface area contributed by atoms with Crippen molar-refractivity contribution in [3.8, 4) is 5.75 Å². The van der Waals surface area contributed by atoms with Crippen molar-refractivity contribution in [3.63, 3.8) is 0 Å². The quantitative estimate of drug-likeness (QED) is 0.464. The van der Waals surface area contributed by atoms with Crippen molar-refractivity contribution >= 4 is 17.3 Å². The molecule has 0 aliphatic carbocycles. The van der Waals surface area contributed by atoms with Gasteiger partial charge in [-0.15, -0.1) is 0 Å². The third-order valence-electron chi connectivity index (χ3n) is 4.33. The van der Waals surface area contributed by atoms with Gasteiger partial charge in [0.15, 0.2) is 5.75 Å². The van der Waals surface area contributed by atoms with Crippen LogP contribution < -0.4 is 10.2 Å². The van der Waals surface area contributed by atoms with E-state index in [0.29, 0.717) is 11.3 Å². The van der Waals surface area contributed by atoms with Gasteiger partial charge in [-0.3, -0.25) is 14.9 Å². The van der Waals surface area contributed by atoms with Gasteiger partial charge in [-0.2, -0.15) is 5.10 Å². The number of hydrogen-bond donors (Lipinski definition) is 1. The van der Waals surface area contributed by atoms with Crippen LogP contribution in [0.15, 0.2) is 47.6 Å². The van der Waals surface area contributed by atoms with E-state index in [1.807, 2.05) is 24.3 Å². The normalized spacial score (nSPS) is 11.8. The maximum Gasteiger partial charge on any atom is 0.311 e. The number of carbonyl (C=O) groups excluding carboxylic acids is 1. The number of nitro groups is 1. The molecule has 7 nitrogen and oxygen atoms in total. The first-order chi connectivity index (χ1) is 13.1. The number of ether oxygens (including phenoxy) is 1. The van der Waals surface area contributed by atoms with Crippen molar-refractivity contribution in [1.29, 1.82) is 0 Å². The molecule has 1 amide bonds. The first-order valence-electron chi connectivity index (χ1n) is 8.87. The van der Waals surface area contributed by atoms with E-state index in [2.05, 4.69) is 31.3 Å². The molecule has 1 N–H and O–H groups in total. The van der Waals surface area contributed by atoms with Crippen LogP contribution in [0.25, 0.3) is 0 Å². The Morgan fingerprint density at radius 1 is 1.18 bits per heavy atom. The van der Waals surface area contributed by atoms with Crippen LogP contribution in [0.1, 0.15) is 44.4 Å². The lowest BCUT2D eigenvalue weighted by Crippen LogP contribution is -2.21. The molecule has 0 aromatic heterocycles. The van der Waals surface area contributed by atoms with Crippen LogP contribution in [0.5, 0.6) is 5.75 Å². The number of rotatable bonds is 6. The Bertz CT molecular complexity index is 897. The summed E-state index contributed by atoms with van der Waals surface area (Å²) in [7, 11) is 1.37. The van der Waals surface area contributed by atoms with Crippen LogP contribution in [0, 0.1) is 10.1 Å². The second-order valence-electron chi connectivity index (χ2n) is 7.50. The largest absolute Gasteiger partial charge is 0.490 e. The first-order valence-corrected chi connectivity index (χ1v) is 8.87. The third kappa shape index (κ3) is 5.39. The standard InChI is InChI=1S/C21H25N3O4/c1-14(16-8-11-19(28-5)18(13-16)24(26)27)22-23-20(25)12-15-6-9-17(10-7-15)21(2,3)4/h6-11,13H,12H2,1-5H3,(H,23,25)/b22-14-. The van der Waals surface area contributed by atoms with Gasteiger partial charge in [0.05, 0.1) is 24.2 Å². The van der Waals surface area contributed by atoms with Crippen molar-refractivity contribution in [1.82, 2.24) is 5.43 Å². The zero-order chi connectivity index (χ0) is 20.9. The van der Waals surface area contributed by atoms with Gasteiger partial charge in [0, 0.05) is 11.6 Å². The fraction of sp³-hybridized carbons (Fsp3) is 0.333. The van der Waals surface area contributed by atoms with Gasteiger partial charge in [-0.05, 0) is 35.6 Å². The van der Waals surface area contributed by atoms with E-state index in [1.165, 1.54) is 24.8 Å². The Morgan fingerprint density at radius 2 is 1.82 bits per heavy atom. The fourth-order valence-corrected chi connectivity index (χ4v) is 2.62. The van der Waals surface area contributed by atoms with Crippen LogP contribution in [-0.2, 0) is 16.6 Å². The predicted octanol–water partition coefficient (Wildman–Crippen LogP) is 3.98. The maximum atomic E-state index is 12.2. The number of amides is 1. The zero-order valence-electron chi connectivity index (χ0n) is 16.8. The second kappa shape index (κ2) is 8.65. The molecule has 0 spiro atoms. The lowest BCUT2D eigenvalue weighted by atomic mass is 9.86. The van der Waals surface area contributed by atoms with Crippen molar-refractivity contribution in [2.24, 2.45) is 5.10 Å². The molecule has 0 radical (unpaired) electrons. The van der Waals surface area contributed by atoms with Crippen molar-refractivity contribution < 1.29 is 14.5 Å². The van der Waals surface area contributed by atoms with Gasteiger partial charge in [0.25, 0.3) is 0 Å².